The number of anilines is 1. The lowest BCUT2D eigenvalue weighted by molar-refractivity contribution is -0.00555. The summed E-state index contributed by atoms with van der Waals surface area (Å²) in [6.45, 7) is 0. The van der Waals surface area contributed by atoms with E-state index in [0.29, 0.717) is 5.13 Å². The van der Waals surface area contributed by atoms with Crippen molar-refractivity contribution in [3.63, 3.8) is 0 Å². The van der Waals surface area contributed by atoms with E-state index in [2.05, 4.69) is 15.5 Å². The molecule has 4 saturated carbocycles. The number of hydrogen-bond donors (Lipinski definition) is 1. The third-order valence-corrected chi connectivity index (χ3v) is 7.35. The second-order valence-corrected chi connectivity index (χ2v) is 9.20. The normalized spacial score (nSPS) is 32.0. The predicted octanol–water partition coefficient (Wildman–Crippen LogP) is 4.54. The number of amides is 1. The number of nitrogens with zero attached hydrogens (tertiary/aromatic N) is 2. The fourth-order valence-electron chi connectivity index (χ4n) is 5.71. The van der Waals surface area contributed by atoms with Crippen LogP contribution in [0.2, 0.25) is 0 Å². The zero-order valence-corrected chi connectivity index (χ0v) is 15.0. The quantitative estimate of drug-likeness (QED) is 0.857. The number of benzene rings is 1. The number of halogens is 2. The first-order chi connectivity index (χ1) is 12.5. The molecule has 136 valence electrons. The summed E-state index contributed by atoms with van der Waals surface area (Å²) in [6, 6.07) is 2.77. The van der Waals surface area contributed by atoms with Gasteiger partial charge in [0.2, 0.25) is 5.13 Å². The highest BCUT2D eigenvalue weighted by Crippen LogP contribution is 2.61. The summed E-state index contributed by atoms with van der Waals surface area (Å²) < 4.78 is 26.6. The Bertz CT molecular complexity index is 826. The third-order valence-electron chi connectivity index (χ3n) is 6.26. The summed E-state index contributed by atoms with van der Waals surface area (Å²) in [5.74, 6) is 0.287. The van der Waals surface area contributed by atoms with Crippen molar-refractivity contribution in [2.45, 2.75) is 43.9 Å². The number of carbonyl (C=O) groups excluding carboxylic acids is 1. The number of aromatic nitrogens is 2. The van der Waals surface area contributed by atoms with Gasteiger partial charge in [0, 0.05) is 17.0 Å². The monoisotopic (exact) mass is 375 g/mol. The van der Waals surface area contributed by atoms with Crippen LogP contribution in [-0.4, -0.2) is 16.1 Å². The maximum atomic E-state index is 13.3. The second kappa shape index (κ2) is 5.81. The van der Waals surface area contributed by atoms with Crippen LogP contribution < -0.4 is 5.32 Å². The minimum atomic E-state index is -0.776. The average molecular weight is 375 g/mol. The van der Waals surface area contributed by atoms with Crippen molar-refractivity contribution in [2.75, 3.05) is 5.32 Å². The van der Waals surface area contributed by atoms with Crippen molar-refractivity contribution >= 4 is 22.4 Å². The van der Waals surface area contributed by atoms with Crippen molar-refractivity contribution < 1.29 is 13.6 Å². The lowest BCUT2D eigenvalue weighted by Gasteiger charge is -2.55. The van der Waals surface area contributed by atoms with E-state index >= 15 is 0 Å². The first-order valence-corrected chi connectivity index (χ1v) is 9.92. The largest absolute Gasteiger partial charge is 0.296 e. The van der Waals surface area contributed by atoms with E-state index < -0.39 is 17.5 Å². The standard InChI is InChI=1S/C19H19F2N3OS/c20-14-4-13(5-15(21)6-14)16(25)22-18-24-23-17(26-18)19-7-10-1-11(8-19)3-12(2-10)9-19/h4-6,10-12H,1-3,7-9H2,(H,22,24,25). The summed E-state index contributed by atoms with van der Waals surface area (Å²) in [4.78, 5) is 12.3. The van der Waals surface area contributed by atoms with Crippen LogP contribution in [0.25, 0.3) is 0 Å². The highest BCUT2D eigenvalue weighted by molar-refractivity contribution is 7.15. The van der Waals surface area contributed by atoms with Crippen molar-refractivity contribution in [3.8, 4) is 0 Å². The van der Waals surface area contributed by atoms with E-state index in [4.69, 9.17) is 0 Å². The first-order valence-electron chi connectivity index (χ1n) is 9.10. The molecule has 4 bridgehead atoms. The van der Waals surface area contributed by atoms with Gasteiger partial charge in [-0.2, -0.15) is 0 Å². The van der Waals surface area contributed by atoms with E-state index in [9.17, 15) is 13.6 Å². The lowest BCUT2D eigenvalue weighted by atomic mass is 9.50. The maximum absolute atomic E-state index is 13.3. The number of rotatable bonds is 3. The summed E-state index contributed by atoms with van der Waals surface area (Å²) in [7, 11) is 0. The zero-order chi connectivity index (χ0) is 17.9. The molecule has 4 aliphatic carbocycles. The summed E-state index contributed by atoms with van der Waals surface area (Å²) in [5.41, 5.74) is 0.0643. The van der Waals surface area contributed by atoms with Gasteiger partial charge in [-0.3, -0.25) is 10.1 Å². The van der Waals surface area contributed by atoms with Crippen LogP contribution in [-0.2, 0) is 5.41 Å². The Morgan fingerprint density at radius 2 is 1.58 bits per heavy atom. The smallest absolute Gasteiger partial charge is 0.257 e. The molecule has 4 aliphatic rings. The fourth-order valence-corrected chi connectivity index (χ4v) is 6.67. The Labute approximate surface area is 154 Å². The highest BCUT2D eigenvalue weighted by Gasteiger charge is 2.53. The van der Waals surface area contributed by atoms with Gasteiger partial charge in [0.15, 0.2) is 0 Å². The summed E-state index contributed by atoms with van der Waals surface area (Å²) in [5, 5.41) is 12.6. The van der Waals surface area contributed by atoms with E-state index in [1.54, 1.807) is 0 Å². The second-order valence-electron chi connectivity index (χ2n) is 8.22. The molecule has 26 heavy (non-hydrogen) atoms. The van der Waals surface area contributed by atoms with Crippen LogP contribution in [0, 0.1) is 29.4 Å². The van der Waals surface area contributed by atoms with Crippen molar-refractivity contribution in [1.29, 1.82) is 0 Å². The molecule has 4 nitrogen and oxygen atoms in total. The Hall–Kier alpha value is -1.89. The molecule has 0 spiro atoms. The number of carbonyl (C=O) groups is 1. The van der Waals surface area contributed by atoms with Gasteiger partial charge in [-0.25, -0.2) is 8.78 Å². The van der Waals surface area contributed by atoms with Gasteiger partial charge < -0.3 is 0 Å². The van der Waals surface area contributed by atoms with Gasteiger partial charge in [-0.15, -0.1) is 10.2 Å². The van der Waals surface area contributed by atoms with Crippen molar-refractivity contribution in [2.24, 2.45) is 17.8 Å². The van der Waals surface area contributed by atoms with Gasteiger partial charge in [-0.05, 0) is 68.4 Å². The predicted molar refractivity (Wildman–Crippen MR) is 94.1 cm³/mol. The molecule has 0 aliphatic heterocycles. The molecule has 0 atom stereocenters. The Balaban J connectivity index is 1.37. The Morgan fingerprint density at radius 1 is 1.00 bits per heavy atom. The molecule has 1 aromatic heterocycles. The fraction of sp³-hybridized carbons (Fsp3) is 0.526. The molecule has 1 aromatic carbocycles. The molecule has 7 heteroatoms. The van der Waals surface area contributed by atoms with Gasteiger partial charge in [0.1, 0.15) is 16.6 Å². The van der Waals surface area contributed by atoms with Crippen LogP contribution in [0.3, 0.4) is 0 Å². The number of hydrogen-bond acceptors (Lipinski definition) is 4. The number of nitrogens with one attached hydrogen (secondary N) is 1. The maximum Gasteiger partial charge on any atom is 0.257 e. The van der Waals surface area contributed by atoms with E-state index in [1.807, 2.05) is 0 Å². The van der Waals surface area contributed by atoms with Gasteiger partial charge in [0.05, 0.1) is 0 Å². The summed E-state index contributed by atoms with van der Waals surface area (Å²) >= 11 is 1.41. The topological polar surface area (TPSA) is 54.9 Å². The van der Waals surface area contributed by atoms with Crippen molar-refractivity contribution in [1.82, 2.24) is 10.2 Å². The molecule has 1 N–H and O–H groups in total. The van der Waals surface area contributed by atoms with Gasteiger partial charge in [-0.1, -0.05) is 11.3 Å². The SMILES string of the molecule is O=C(Nc1nnc(C23CC4CC(CC(C4)C2)C3)s1)c1cc(F)cc(F)c1. The molecule has 1 amide bonds. The molecule has 2 aromatic rings. The molecular formula is C19H19F2N3OS. The van der Waals surface area contributed by atoms with E-state index in [1.165, 1.54) is 49.9 Å². The van der Waals surface area contributed by atoms with Crippen LogP contribution in [0.1, 0.15) is 53.9 Å². The molecule has 1 heterocycles. The molecular weight excluding hydrogens is 356 g/mol. The highest BCUT2D eigenvalue weighted by atomic mass is 32.1. The van der Waals surface area contributed by atoms with Crippen LogP contribution in [0.4, 0.5) is 13.9 Å². The van der Waals surface area contributed by atoms with Crippen molar-refractivity contribution in [3.05, 3.63) is 40.4 Å². The van der Waals surface area contributed by atoms with Crippen LogP contribution >= 0.6 is 11.3 Å². The minimum Gasteiger partial charge on any atom is -0.296 e. The Morgan fingerprint density at radius 3 is 2.15 bits per heavy atom. The van der Waals surface area contributed by atoms with Gasteiger partial charge in [0.25, 0.3) is 5.91 Å². The average Bonchev–Trinajstić information content (AvgIpc) is 3.02. The third kappa shape index (κ3) is 2.73. The van der Waals surface area contributed by atoms with Crippen LogP contribution in [0.15, 0.2) is 18.2 Å². The Kier molecular flexibility index (Phi) is 3.64. The molecule has 0 saturated heterocycles. The zero-order valence-electron chi connectivity index (χ0n) is 14.2. The summed E-state index contributed by atoms with van der Waals surface area (Å²) in [6.07, 6.45) is 7.59. The molecule has 0 radical (unpaired) electrons. The molecule has 0 unspecified atom stereocenters. The van der Waals surface area contributed by atoms with E-state index in [0.717, 1.165) is 41.0 Å². The first kappa shape index (κ1) is 16.3. The minimum absolute atomic E-state index is 0.0611. The van der Waals surface area contributed by atoms with Crippen LogP contribution in [0.5, 0.6) is 0 Å². The molecule has 6 rings (SSSR count). The van der Waals surface area contributed by atoms with E-state index in [-0.39, 0.29) is 11.0 Å². The van der Waals surface area contributed by atoms with Gasteiger partial charge >= 0.3 is 0 Å². The molecule has 4 fully saturated rings. The lowest BCUT2D eigenvalue weighted by Crippen LogP contribution is -2.48.